The van der Waals surface area contributed by atoms with Gasteiger partial charge in [-0.15, -0.1) is 0 Å². The summed E-state index contributed by atoms with van der Waals surface area (Å²) >= 11 is 12.3. The number of rotatable bonds is 1. The van der Waals surface area contributed by atoms with Crippen molar-refractivity contribution in [1.29, 1.82) is 0 Å². The van der Waals surface area contributed by atoms with Gasteiger partial charge in [-0.25, -0.2) is 4.99 Å². The summed E-state index contributed by atoms with van der Waals surface area (Å²) in [5.74, 6) is 0.479. The Hall–Kier alpha value is -1.51. The molecule has 1 aliphatic heterocycles. The van der Waals surface area contributed by atoms with Crippen LogP contribution < -0.4 is 0 Å². The van der Waals surface area contributed by atoms with Gasteiger partial charge in [0.25, 0.3) is 0 Å². The third kappa shape index (κ3) is 2.34. The van der Waals surface area contributed by atoms with Crippen LogP contribution in [-0.2, 0) is 11.3 Å². The van der Waals surface area contributed by atoms with Crippen molar-refractivity contribution < 1.29 is 4.74 Å². The van der Waals surface area contributed by atoms with Gasteiger partial charge in [0.05, 0.1) is 21.3 Å². The first-order chi connectivity index (χ1) is 9.15. The summed E-state index contributed by atoms with van der Waals surface area (Å²) in [5, 5.41) is 1.09. The molecule has 4 heteroatoms. The Kier molecular flexibility index (Phi) is 3.21. The van der Waals surface area contributed by atoms with Crippen molar-refractivity contribution in [2.45, 2.75) is 13.5 Å². The Bertz CT molecular complexity index is 660. The molecule has 96 valence electrons. The van der Waals surface area contributed by atoms with Crippen molar-refractivity contribution >= 4 is 34.8 Å². The zero-order chi connectivity index (χ0) is 13.4. The Balaban J connectivity index is 2.11. The molecule has 1 heterocycles. The lowest BCUT2D eigenvalue weighted by Crippen LogP contribution is -2.12. The zero-order valence-electron chi connectivity index (χ0n) is 10.3. The second kappa shape index (κ2) is 4.87. The average Bonchev–Trinajstić information content (AvgIpc) is 2.38. The van der Waals surface area contributed by atoms with E-state index >= 15 is 0 Å². The van der Waals surface area contributed by atoms with Crippen LogP contribution in [0.1, 0.15) is 16.7 Å². The summed E-state index contributed by atoms with van der Waals surface area (Å²) in [6.45, 7) is 2.53. The first-order valence-corrected chi connectivity index (χ1v) is 6.66. The van der Waals surface area contributed by atoms with Crippen molar-refractivity contribution in [3.8, 4) is 0 Å². The maximum Gasteiger partial charge on any atom is 0.224 e. The summed E-state index contributed by atoms with van der Waals surface area (Å²) in [6, 6.07) is 11.4. The molecule has 2 aromatic rings. The second-order valence-electron chi connectivity index (χ2n) is 4.43. The molecule has 0 saturated carbocycles. The molecule has 1 aliphatic rings. The minimum Gasteiger partial charge on any atom is -0.472 e. The monoisotopic (exact) mass is 291 g/mol. The molecule has 2 nitrogen and oxygen atoms in total. The van der Waals surface area contributed by atoms with Crippen LogP contribution in [0.4, 0.5) is 5.69 Å². The van der Waals surface area contributed by atoms with Gasteiger partial charge in [0.1, 0.15) is 6.61 Å². The van der Waals surface area contributed by atoms with Gasteiger partial charge in [0.15, 0.2) is 0 Å². The molecule has 2 aromatic carbocycles. The van der Waals surface area contributed by atoms with Gasteiger partial charge < -0.3 is 4.74 Å². The van der Waals surface area contributed by atoms with E-state index in [1.54, 1.807) is 18.2 Å². The fourth-order valence-corrected chi connectivity index (χ4v) is 2.62. The van der Waals surface area contributed by atoms with Crippen LogP contribution in [0.15, 0.2) is 41.4 Å². The fraction of sp³-hybridized carbons (Fsp3) is 0.133. The van der Waals surface area contributed by atoms with E-state index in [0.29, 0.717) is 28.1 Å². The molecule has 0 bridgehead atoms. The van der Waals surface area contributed by atoms with E-state index in [9.17, 15) is 0 Å². The maximum atomic E-state index is 6.17. The lowest BCUT2D eigenvalue weighted by Gasteiger charge is -2.18. The minimum atomic E-state index is 0.479. The van der Waals surface area contributed by atoms with E-state index in [4.69, 9.17) is 27.9 Å². The summed E-state index contributed by atoms with van der Waals surface area (Å²) in [5.41, 5.74) is 3.82. The molecule has 0 atom stereocenters. The number of fused-ring (bicyclic) bond motifs is 1. The van der Waals surface area contributed by atoms with Crippen LogP contribution >= 0.6 is 23.2 Å². The highest BCUT2D eigenvalue weighted by Gasteiger charge is 2.19. The van der Waals surface area contributed by atoms with Crippen LogP contribution in [0.5, 0.6) is 0 Å². The van der Waals surface area contributed by atoms with Crippen molar-refractivity contribution in [1.82, 2.24) is 0 Å². The molecule has 0 aliphatic carbocycles. The standard InChI is InChI=1S/C15H11Cl2NO/c1-9-5-6-13-10(7-9)8-19-15(18-13)14-11(16)3-2-4-12(14)17/h2-7H,8H2,1H3. The molecule has 0 N–H and O–H groups in total. The molecule has 0 amide bonds. The normalized spacial score (nSPS) is 13.5. The van der Waals surface area contributed by atoms with E-state index in [2.05, 4.69) is 11.1 Å². The minimum absolute atomic E-state index is 0.479. The highest BCUT2D eigenvalue weighted by molar-refractivity contribution is 6.39. The van der Waals surface area contributed by atoms with Gasteiger partial charge in [-0.2, -0.15) is 0 Å². The number of halogens is 2. The SMILES string of the molecule is Cc1ccc2c(c1)COC(c1c(Cl)cccc1Cl)=N2. The third-order valence-electron chi connectivity index (χ3n) is 3.00. The number of nitrogens with zero attached hydrogens (tertiary/aromatic N) is 1. The van der Waals surface area contributed by atoms with Crippen LogP contribution in [0.2, 0.25) is 10.0 Å². The van der Waals surface area contributed by atoms with E-state index < -0.39 is 0 Å². The lowest BCUT2D eigenvalue weighted by atomic mass is 10.1. The predicted octanol–water partition coefficient (Wildman–Crippen LogP) is 4.91. The highest BCUT2D eigenvalue weighted by Crippen LogP contribution is 2.32. The first-order valence-electron chi connectivity index (χ1n) is 5.90. The van der Waals surface area contributed by atoms with Gasteiger partial charge >= 0.3 is 0 Å². The fourth-order valence-electron chi connectivity index (χ4n) is 2.06. The molecular weight excluding hydrogens is 281 g/mol. The molecule has 0 fully saturated rings. The van der Waals surface area contributed by atoms with Crippen LogP contribution in [0, 0.1) is 6.92 Å². The van der Waals surface area contributed by atoms with Crippen molar-refractivity contribution in [2.24, 2.45) is 4.99 Å². The third-order valence-corrected chi connectivity index (χ3v) is 3.63. The number of aryl methyl sites for hydroxylation is 1. The van der Waals surface area contributed by atoms with Crippen LogP contribution in [0.3, 0.4) is 0 Å². The number of ether oxygens (including phenoxy) is 1. The summed E-state index contributed by atoms with van der Waals surface area (Å²) in [6.07, 6.45) is 0. The van der Waals surface area contributed by atoms with Crippen LogP contribution in [0.25, 0.3) is 0 Å². The van der Waals surface area contributed by atoms with Crippen LogP contribution in [-0.4, -0.2) is 5.90 Å². The quantitative estimate of drug-likeness (QED) is 0.731. The molecule has 3 rings (SSSR count). The zero-order valence-corrected chi connectivity index (χ0v) is 11.8. The van der Waals surface area contributed by atoms with E-state index in [1.807, 2.05) is 19.1 Å². The molecule has 0 spiro atoms. The maximum absolute atomic E-state index is 6.17. The Labute approximate surface area is 121 Å². The van der Waals surface area contributed by atoms with E-state index in [1.165, 1.54) is 5.56 Å². The largest absolute Gasteiger partial charge is 0.472 e. The van der Waals surface area contributed by atoms with Crippen molar-refractivity contribution in [3.63, 3.8) is 0 Å². The predicted molar refractivity (Wildman–Crippen MR) is 78.6 cm³/mol. The Morgan fingerprint density at radius 1 is 1.11 bits per heavy atom. The van der Waals surface area contributed by atoms with Gasteiger partial charge in [0.2, 0.25) is 5.90 Å². The molecule has 19 heavy (non-hydrogen) atoms. The Morgan fingerprint density at radius 3 is 2.58 bits per heavy atom. The first kappa shape index (κ1) is 12.5. The summed E-state index contributed by atoms with van der Waals surface area (Å²) in [4.78, 5) is 4.50. The van der Waals surface area contributed by atoms with E-state index in [-0.39, 0.29) is 0 Å². The molecular formula is C15H11Cl2NO. The second-order valence-corrected chi connectivity index (χ2v) is 5.25. The van der Waals surface area contributed by atoms with E-state index in [0.717, 1.165) is 11.3 Å². The van der Waals surface area contributed by atoms with Gasteiger partial charge in [-0.3, -0.25) is 0 Å². The molecule has 0 radical (unpaired) electrons. The topological polar surface area (TPSA) is 21.6 Å². The summed E-state index contributed by atoms with van der Waals surface area (Å²) in [7, 11) is 0. The number of hydrogen-bond donors (Lipinski definition) is 0. The number of benzene rings is 2. The lowest BCUT2D eigenvalue weighted by molar-refractivity contribution is 0.288. The van der Waals surface area contributed by atoms with Gasteiger partial charge in [-0.05, 0) is 25.1 Å². The molecule has 0 aromatic heterocycles. The molecule has 0 unspecified atom stereocenters. The van der Waals surface area contributed by atoms with Gasteiger partial charge in [-0.1, -0.05) is 47.0 Å². The van der Waals surface area contributed by atoms with Crippen molar-refractivity contribution in [3.05, 3.63) is 63.1 Å². The Morgan fingerprint density at radius 2 is 1.84 bits per heavy atom. The highest BCUT2D eigenvalue weighted by atomic mass is 35.5. The number of hydrogen-bond acceptors (Lipinski definition) is 2. The number of aliphatic imine (C=N–C) groups is 1. The molecule has 0 saturated heterocycles. The average molecular weight is 292 g/mol. The smallest absolute Gasteiger partial charge is 0.224 e. The van der Waals surface area contributed by atoms with Gasteiger partial charge in [0, 0.05) is 5.56 Å². The van der Waals surface area contributed by atoms with Crippen molar-refractivity contribution in [2.75, 3.05) is 0 Å². The summed E-state index contributed by atoms with van der Waals surface area (Å²) < 4.78 is 5.69.